The van der Waals surface area contributed by atoms with Gasteiger partial charge in [0.2, 0.25) is 5.91 Å². The van der Waals surface area contributed by atoms with Crippen LogP contribution in [0.1, 0.15) is 56.8 Å². The number of carbonyl (C=O) groups excluding carboxylic acids is 1. The molecule has 0 bridgehead atoms. The molecule has 1 aliphatic heterocycles. The van der Waals surface area contributed by atoms with Crippen LogP contribution in [0.2, 0.25) is 0 Å². The molecule has 2 aliphatic rings. The highest BCUT2D eigenvalue weighted by Gasteiger charge is 2.40. The first-order valence-electron chi connectivity index (χ1n) is 8.07. The third-order valence-electron chi connectivity index (χ3n) is 4.94. The third-order valence-corrected chi connectivity index (χ3v) is 4.94. The fraction of sp³-hybridized carbons (Fsp3) is 0.611. The number of rotatable bonds is 2. The minimum absolute atomic E-state index is 0.0521. The highest BCUT2D eigenvalue weighted by molar-refractivity contribution is 5.81. The van der Waals surface area contributed by atoms with Crippen LogP contribution >= 0.6 is 0 Å². The van der Waals surface area contributed by atoms with Crippen molar-refractivity contribution in [3.63, 3.8) is 0 Å². The third kappa shape index (κ3) is 2.98. The normalized spacial score (nSPS) is 28.9. The second kappa shape index (κ2) is 5.45. The zero-order chi connectivity index (χ0) is 15.0. The van der Waals surface area contributed by atoms with Crippen molar-refractivity contribution < 1.29 is 4.79 Å². The molecule has 1 amide bonds. The van der Waals surface area contributed by atoms with Crippen molar-refractivity contribution >= 4 is 5.91 Å². The molecule has 3 rings (SSSR count). The van der Waals surface area contributed by atoms with Crippen LogP contribution in [0.25, 0.3) is 0 Å². The molecule has 21 heavy (non-hydrogen) atoms. The Kier molecular flexibility index (Phi) is 3.78. The van der Waals surface area contributed by atoms with Crippen molar-refractivity contribution in [3.8, 4) is 0 Å². The number of nitrogens with zero attached hydrogens (tertiary/aromatic N) is 1. The summed E-state index contributed by atoms with van der Waals surface area (Å²) in [5.74, 6) is 0.254. The van der Waals surface area contributed by atoms with Gasteiger partial charge in [-0.3, -0.25) is 10.1 Å². The molecule has 3 nitrogen and oxygen atoms in total. The Bertz CT molecular complexity index is 538. The highest BCUT2D eigenvalue weighted by atomic mass is 16.2. The average Bonchev–Trinajstić information content (AvgIpc) is 2.79. The number of nitrogens with one attached hydrogen (secondary N) is 1. The summed E-state index contributed by atoms with van der Waals surface area (Å²) in [5.41, 5.74) is 2.81. The molecule has 1 heterocycles. The largest absolute Gasteiger partial charge is 0.319 e. The number of carbonyl (C=O) groups is 1. The summed E-state index contributed by atoms with van der Waals surface area (Å²) in [4.78, 5) is 14.5. The maximum absolute atomic E-state index is 12.4. The van der Waals surface area contributed by atoms with Gasteiger partial charge in [0.15, 0.2) is 0 Å². The molecule has 2 atom stereocenters. The van der Waals surface area contributed by atoms with Crippen LogP contribution < -0.4 is 5.32 Å². The van der Waals surface area contributed by atoms with Gasteiger partial charge in [-0.25, -0.2) is 0 Å². The van der Waals surface area contributed by atoms with Gasteiger partial charge in [-0.1, -0.05) is 50.1 Å². The second-order valence-corrected chi connectivity index (χ2v) is 7.41. The Balaban J connectivity index is 1.86. The minimum atomic E-state index is 0.0521. The van der Waals surface area contributed by atoms with Crippen LogP contribution in [0.3, 0.4) is 0 Å². The molecular weight excluding hydrogens is 260 g/mol. The van der Waals surface area contributed by atoms with E-state index in [9.17, 15) is 4.79 Å². The maximum atomic E-state index is 12.4. The standard InChI is InChI=1S/C18H26N2O/c1-13-6-4-7-14(10-13)17-19-12-16(21)20(17)15-8-5-9-18(2,3)11-15/h4,6-7,10,15,17,19H,5,8-9,11-12H2,1-3H3. The van der Waals surface area contributed by atoms with Crippen LogP contribution in [-0.4, -0.2) is 23.4 Å². The number of benzene rings is 1. The molecule has 1 aromatic rings. The van der Waals surface area contributed by atoms with E-state index < -0.39 is 0 Å². The first-order chi connectivity index (χ1) is 9.96. The predicted molar refractivity (Wildman–Crippen MR) is 84.8 cm³/mol. The lowest BCUT2D eigenvalue weighted by molar-refractivity contribution is -0.131. The van der Waals surface area contributed by atoms with Crippen molar-refractivity contribution in [3.05, 3.63) is 35.4 Å². The van der Waals surface area contributed by atoms with Gasteiger partial charge in [0.1, 0.15) is 6.17 Å². The summed E-state index contributed by atoms with van der Waals surface area (Å²) in [6, 6.07) is 8.88. The summed E-state index contributed by atoms with van der Waals surface area (Å²) in [6.07, 6.45) is 4.80. The SMILES string of the molecule is Cc1cccc(C2NCC(=O)N2C2CCCC(C)(C)C2)c1. The smallest absolute Gasteiger partial charge is 0.238 e. The molecule has 0 spiro atoms. The molecule has 1 aliphatic carbocycles. The van der Waals surface area contributed by atoms with Gasteiger partial charge < -0.3 is 4.90 Å². The van der Waals surface area contributed by atoms with E-state index in [2.05, 4.69) is 55.3 Å². The number of hydrogen-bond donors (Lipinski definition) is 1. The number of aryl methyl sites for hydroxylation is 1. The molecule has 1 saturated heterocycles. The van der Waals surface area contributed by atoms with Gasteiger partial charge in [-0.15, -0.1) is 0 Å². The first kappa shape index (κ1) is 14.6. The second-order valence-electron chi connectivity index (χ2n) is 7.41. The van der Waals surface area contributed by atoms with Crippen LogP contribution in [0.5, 0.6) is 0 Å². The molecule has 2 fully saturated rings. The highest BCUT2D eigenvalue weighted by Crippen LogP contribution is 2.40. The van der Waals surface area contributed by atoms with Crippen molar-refractivity contribution in [2.75, 3.05) is 6.54 Å². The summed E-state index contributed by atoms with van der Waals surface area (Å²) < 4.78 is 0. The Morgan fingerprint density at radius 3 is 2.86 bits per heavy atom. The zero-order valence-electron chi connectivity index (χ0n) is 13.4. The fourth-order valence-corrected chi connectivity index (χ4v) is 3.95. The van der Waals surface area contributed by atoms with Crippen LogP contribution in [0.4, 0.5) is 0 Å². The molecule has 1 saturated carbocycles. The summed E-state index contributed by atoms with van der Waals surface area (Å²) in [7, 11) is 0. The van der Waals surface area contributed by atoms with Gasteiger partial charge in [0.25, 0.3) is 0 Å². The van der Waals surface area contributed by atoms with Gasteiger partial charge >= 0.3 is 0 Å². The first-order valence-corrected chi connectivity index (χ1v) is 8.07. The van der Waals surface area contributed by atoms with E-state index in [0.717, 1.165) is 12.8 Å². The maximum Gasteiger partial charge on any atom is 0.238 e. The van der Waals surface area contributed by atoms with Crippen molar-refractivity contribution in [1.29, 1.82) is 0 Å². The van der Waals surface area contributed by atoms with Crippen LogP contribution in [0.15, 0.2) is 24.3 Å². The molecule has 3 heteroatoms. The number of amides is 1. The average molecular weight is 286 g/mol. The summed E-state index contributed by atoms with van der Waals surface area (Å²) in [5, 5.41) is 3.40. The van der Waals surface area contributed by atoms with E-state index in [-0.39, 0.29) is 12.1 Å². The molecule has 1 aromatic carbocycles. The Morgan fingerprint density at radius 1 is 1.33 bits per heavy atom. The zero-order valence-corrected chi connectivity index (χ0v) is 13.4. The molecule has 114 valence electrons. The van der Waals surface area contributed by atoms with Crippen molar-refractivity contribution in [2.45, 2.75) is 58.7 Å². The van der Waals surface area contributed by atoms with Gasteiger partial charge in [0.05, 0.1) is 6.54 Å². The number of hydrogen-bond acceptors (Lipinski definition) is 2. The fourth-order valence-electron chi connectivity index (χ4n) is 3.95. The topological polar surface area (TPSA) is 32.3 Å². The Hall–Kier alpha value is -1.35. The monoisotopic (exact) mass is 286 g/mol. The van der Waals surface area contributed by atoms with Crippen molar-refractivity contribution in [2.24, 2.45) is 5.41 Å². The Morgan fingerprint density at radius 2 is 2.14 bits per heavy atom. The van der Waals surface area contributed by atoms with E-state index in [0.29, 0.717) is 18.0 Å². The van der Waals surface area contributed by atoms with E-state index in [1.54, 1.807) is 0 Å². The van der Waals surface area contributed by atoms with E-state index in [1.165, 1.54) is 24.0 Å². The van der Waals surface area contributed by atoms with Gasteiger partial charge in [-0.2, -0.15) is 0 Å². The lowest BCUT2D eigenvalue weighted by Gasteiger charge is -2.41. The van der Waals surface area contributed by atoms with Crippen LogP contribution in [-0.2, 0) is 4.79 Å². The van der Waals surface area contributed by atoms with Gasteiger partial charge in [-0.05, 0) is 37.2 Å². The molecule has 0 radical (unpaired) electrons. The molecular formula is C18H26N2O. The summed E-state index contributed by atoms with van der Waals surface area (Å²) >= 11 is 0. The predicted octanol–water partition coefficient (Wildman–Crippen LogP) is 3.39. The lowest BCUT2D eigenvalue weighted by Crippen LogP contribution is -2.44. The summed E-state index contributed by atoms with van der Waals surface area (Å²) in [6.45, 7) is 7.23. The van der Waals surface area contributed by atoms with E-state index in [4.69, 9.17) is 0 Å². The molecule has 1 N–H and O–H groups in total. The quantitative estimate of drug-likeness (QED) is 0.904. The molecule has 0 aromatic heterocycles. The Labute approximate surface area is 127 Å². The molecule has 2 unspecified atom stereocenters. The van der Waals surface area contributed by atoms with E-state index >= 15 is 0 Å². The van der Waals surface area contributed by atoms with E-state index in [1.807, 2.05) is 0 Å². The van der Waals surface area contributed by atoms with Crippen molar-refractivity contribution in [1.82, 2.24) is 10.2 Å². The van der Waals surface area contributed by atoms with Gasteiger partial charge in [0, 0.05) is 6.04 Å². The lowest BCUT2D eigenvalue weighted by atomic mass is 9.74. The minimum Gasteiger partial charge on any atom is -0.319 e. The van der Waals surface area contributed by atoms with Crippen LogP contribution in [0, 0.1) is 12.3 Å².